The topological polar surface area (TPSA) is 32.7 Å². The van der Waals surface area contributed by atoms with Crippen LogP contribution in [0, 0.1) is 5.92 Å². The average Bonchev–Trinajstić information content (AvgIpc) is 2.63. The SMILES string of the molecule is CC1CCN(CC(O)COc2ccc(-c3ccccc3)cc2)CC1.Cl. The van der Waals surface area contributed by atoms with Crippen molar-refractivity contribution in [2.45, 2.75) is 25.9 Å². The van der Waals surface area contributed by atoms with Crippen molar-refractivity contribution < 1.29 is 9.84 Å². The Morgan fingerprint density at radius 2 is 1.60 bits per heavy atom. The zero-order chi connectivity index (χ0) is 16.8. The van der Waals surface area contributed by atoms with Gasteiger partial charge in [0.1, 0.15) is 18.5 Å². The van der Waals surface area contributed by atoms with E-state index in [4.69, 9.17) is 4.74 Å². The van der Waals surface area contributed by atoms with Gasteiger partial charge in [0.15, 0.2) is 0 Å². The zero-order valence-corrected chi connectivity index (χ0v) is 15.6. The molecule has 0 amide bonds. The molecule has 0 saturated carbocycles. The maximum Gasteiger partial charge on any atom is 0.119 e. The van der Waals surface area contributed by atoms with Gasteiger partial charge in [0.05, 0.1) is 0 Å². The molecule has 2 aromatic carbocycles. The van der Waals surface area contributed by atoms with Crippen molar-refractivity contribution in [2.24, 2.45) is 5.92 Å². The largest absolute Gasteiger partial charge is 0.491 e. The Kier molecular flexibility index (Phi) is 7.76. The molecule has 0 aromatic heterocycles. The van der Waals surface area contributed by atoms with Crippen molar-refractivity contribution in [2.75, 3.05) is 26.2 Å². The summed E-state index contributed by atoms with van der Waals surface area (Å²) in [6, 6.07) is 18.3. The number of hydrogen-bond donors (Lipinski definition) is 1. The van der Waals surface area contributed by atoms with Gasteiger partial charge in [-0.25, -0.2) is 0 Å². The van der Waals surface area contributed by atoms with E-state index in [1.54, 1.807) is 0 Å². The van der Waals surface area contributed by atoms with Gasteiger partial charge >= 0.3 is 0 Å². The van der Waals surface area contributed by atoms with Gasteiger partial charge < -0.3 is 14.7 Å². The van der Waals surface area contributed by atoms with E-state index in [9.17, 15) is 5.11 Å². The van der Waals surface area contributed by atoms with E-state index in [1.807, 2.05) is 30.3 Å². The Balaban J connectivity index is 0.00000225. The Bertz CT molecular complexity index is 610. The molecule has 3 rings (SSSR count). The van der Waals surface area contributed by atoms with Crippen molar-refractivity contribution in [3.63, 3.8) is 0 Å². The smallest absolute Gasteiger partial charge is 0.119 e. The molecule has 2 aromatic rings. The van der Waals surface area contributed by atoms with E-state index in [0.717, 1.165) is 24.8 Å². The number of aliphatic hydroxyl groups is 1. The van der Waals surface area contributed by atoms with Gasteiger partial charge in [0, 0.05) is 6.54 Å². The van der Waals surface area contributed by atoms with Crippen molar-refractivity contribution in [3.8, 4) is 16.9 Å². The van der Waals surface area contributed by atoms with Crippen LogP contribution in [-0.2, 0) is 0 Å². The van der Waals surface area contributed by atoms with Gasteiger partial charge in [-0.15, -0.1) is 12.4 Å². The number of likely N-dealkylation sites (tertiary alicyclic amines) is 1. The molecule has 0 radical (unpaired) electrons. The lowest BCUT2D eigenvalue weighted by atomic mass is 9.99. The van der Waals surface area contributed by atoms with Crippen LogP contribution in [0.1, 0.15) is 19.8 Å². The van der Waals surface area contributed by atoms with Crippen molar-refractivity contribution in [3.05, 3.63) is 54.6 Å². The van der Waals surface area contributed by atoms with Crippen LogP contribution < -0.4 is 4.74 Å². The number of hydrogen-bond acceptors (Lipinski definition) is 3. The quantitative estimate of drug-likeness (QED) is 0.835. The first kappa shape index (κ1) is 19.8. The van der Waals surface area contributed by atoms with E-state index in [0.29, 0.717) is 13.2 Å². The second kappa shape index (κ2) is 9.81. The van der Waals surface area contributed by atoms with Gasteiger partial charge in [-0.1, -0.05) is 49.4 Å². The number of halogens is 1. The molecule has 0 aliphatic carbocycles. The molecule has 1 aliphatic rings. The molecular weight excluding hydrogens is 334 g/mol. The summed E-state index contributed by atoms with van der Waals surface area (Å²) in [5.41, 5.74) is 2.37. The first-order valence-corrected chi connectivity index (χ1v) is 8.89. The van der Waals surface area contributed by atoms with E-state index >= 15 is 0 Å². The predicted octanol–water partition coefficient (Wildman–Crippen LogP) is 4.25. The molecule has 1 aliphatic heterocycles. The Labute approximate surface area is 157 Å². The Hall–Kier alpha value is -1.55. The lowest BCUT2D eigenvalue weighted by molar-refractivity contribution is 0.0563. The molecule has 4 heteroatoms. The summed E-state index contributed by atoms with van der Waals surface area (Å²) in [7, 11) is 0. The molecular formula is C21H28ClNO2. The molecule has 136 valence electrons. The fourth-order valence-corrected chi connectivity index (χ4v) is 3.16. The average molecular weight is 362 g/mol. The number of rotatable bonds is 6. The lowest BCUT2D eigenvalue weighted by Crippen LogP contribution is -2.40. The second-order valence-corrected chi connectivity index (χ2v) is 6.84. The minimum absolute atomic E-state index is 0. The van der Waals surface area contributed by atoms with Crippen molar-refractivity contribution in [1.82, 2.24) is 4.90 Å². The van der Waals surface area contributed by atoms with Crippen LogP contribution in [0.15, 0.2) is 54.6 Å². The molecule has 1 atom stereocenters. The summed E-state index contributed by atoms with van der Waals surface area (Å²) >= 11 is 0. The fraction of sp³-hybridized carbons (Fsp3) is 0.429. The number of benzene rings is 2. The highest BCUT2D eigenvalue weighted by molar-refractivity contribution is 5.85. The van der Waals surface area contributed by atoms with Crippen LogP contribution in [0.3, 0.4) is 0 Å². The van der Waals surface area contributed by atoms with Crippen LogP contribution in [0.25, 0.3) is 11.1 Å². The third kappa shape index (κ3) is 6.03. The standard InChI is InChI=1S/C21H27NO2.ClH/c1-17-11-13-22(14-12-17)15-20(23)16-24-21-9-7-19(8-10-21)18-5-3-2-4-6-18;/h2-10,17,20,23H,11-16H2,1H3;1H. The van der Waals surface area contributed by atoms with Crippen molar-refractivity contribution in [1.29, 1.82) is 0 Å². The van der Waals surface area contributed by atoms with Gasteiger partial charge in [-0.05, 0) is 55.1 Å². The van der Waals surface area contributed by atoms with Crippen LogP contribution in [0.5, 0.6) is 5.75 Å². The summed E-state index contributed by atoms with van der Waals surface area (Å²) in [5, 5.41) is 10.2. The number of β-amino-alcohol motifs (C(OH)–C–C–N with tert-alkyl or cyclic N) is 1. The highest BCUT2D eigenvalue weighted by Gasteiger charge is 2.18. The first-order valence-electron chi connectivity index (χ1n) is 8.89. The molecule has 25 heavy (non-hydrogen) atoms. The summed E-state index contributed by atoms with van der Waals surface area (Å²) in [6.07, 6.45) is 2.02. The number of aliphatic hydroxyl groups excluding tert-OH is 1. The molecule has 0 bridgehead atoms. The highest BCUT2D eigenvalue weighted by Crippen LogP contribution is 2.22. The monoisotopic (exact) mass is 361 g/mol. The van der Waals surface area contributed by atoms with E-state index in [-0.39, 0.29) is 12.4 Å². The zero-order valence-electron chi connectivity index (χ0n) is 14.8. The van der Waals surface area contributed by atoms with Crippen molar-refractivity contribution >= 4 is 12.4 Å². The summed E-state index contributed by atoms with van der Waals surface area (Å²) in [5.74, 6) is 1.62. The van der Waals surface area contributed by atoms with Crippen LogP contribution in [0.2, 0.25) is 0 Å². The summed E-state index contributed by atoms with van der Waals surface area (Å²) < 4.78 is 5.74. The number of piperidine rings is 1. The minimum atomic E-state index is -0.438. The fourth-order valence-electron chi connectivity index (χ4n) is 3.16. The van der Waals surface area contributed by atoms with E-state index < -0.39 is 6.10 Å². The molecule has 1 N–H and O–H groups in total. The van der Waals surface area contributed by atoms with Gasteiger partial charge in [-0.2, -0.15) is 0 Å². The Morgan fingerprint density at radius 3 is 2.24 bits per heavy atom. The summed E-state index contributed by atoms with van der Waals surface area (Å²) in [6.45, 7) is 5.52. The maximum atomic E-state index is 10.2. The molecule has 1 unspecified atom stereocenters. The molecule has 3 nitrogen and oxygen atoms in total. The number of ether oxygens (including phenoxy) is 1. The molecule has 1 heterocycles. The minimum Gasteiger partial charge on any atom is -0.491 e. The summed E-state index contributed by atoms with van der Waals surface area (Å²) in [4.78, 5) is 2.34. The first-order chi connectivity index (χ1) is 11.7. The number of nitrogens with zero attached hydrogens (tertiary/aromatic N) is 1. The molecule has 0 spiro atoms. The van der Waals surface area contributed by atoms with Crippen LogP contribution in [0.4, 0.5) is 0 Å². The predicted molar refractivity (Wildman–Crippen MR) is 105 cm³/mol. The van der Waals surface area contributed by atoms with Gasteiger partial charge in [0.2, 0.25) is 0 Å². The molecule has 1 fully saturated rings. The highest BCUT2D eigenvalue weighted by atomic mass is 35.5. The van der Waals surface area contributed by atoms with E-state index in [2.05, 4.69) is 36.1 Å². The normalized spacial score (nSPS) is 16.9. The third-order valence-corrected chi connectivity index (χ3v) is 4.75. The van der Waals surface area contributed by atoms with Crippen LogP contribution >= 0.6 is 12.4 Å². The second-order valence-electron chi connectivity index (χ2n) is 6.84. The Morgan fingerprint density at radius 1 is 1.00 bits per heavy atom. The third-order valence-electron chi connectivity index (χ3n) is 4.75. The molecule has 1 saturated heterocycles. The van der Waals surface area contributed by atoms with Gasteiger partial charge in [-0.3, -0.25) is 0 Å². The lowest BCUT2D eigenvalue weighted by Gasteiger charge is -2.31. The van der Waals surface area contributed by atoms with Gasteiger partial charge in [0.25, 0.3) is 0 Å². The van der Waals surface area contributed by atoms with E-state index in [1.165, 1.54) is 24.0 Å². The van der Waals surface area contributed by atoms with Crippen LogP contribution in [-0.4, -0.2) is 42.4 Å². The maximum absolute atomic E-state index is 10.2.